The molecular formula is C24H31IN4O2. The van der Waals surface area contributed by atoms with Crippen LogP contribution in [-0.4, -0.2) is 31.1 Å². The van der Waals surface area contributed by atoms with Gasteiger partial charge in [0.25, 0.3) is 0 Å². The fraction of sp³-hybridized carbons (Fsp3) is 0.333. The summed E-state index contributed by atoms with van der Waals surface area (Å²) in [5, 5.41) is 6.46. The Morgan fingerprint density at radius 1 is 1.03 bits per heavy atom. The lowest BCUT2D eigenvalue weighted by Gasteiger charge is -2.14. The average Bonchev–Trinajstić information content (AvgIpc) is 3.24. The number of aliphatic imine (C=N–C) groups is 1. The lowest BCUT2D eigenvalue weighted by atomic mass is 9.94. The van der Waals surface area contributed by atoms with E-state index in [1.165, 1.54) is 0 Å². The van der Waals surface area contributed by atoms with Crippen molar-refractivity contribution in [2.45, 2.75) is 32.7 Å². The zero-order valence-corrected chi connectivity index (χ0v) is 20.8. The first-order valence-corrected chi connectivity index (χ1v) is 10.1. The average molecular weight is 534 g/mol. The first kappa shape index (κ1) is 24.7. The second-order valence-electron chi connectivity index (χ2n) is 7.93. The molecule has 0 unspecified atom stereocenters. The number of para-hydroxylation sites is 1. The Balaban J connectivity index is 0.00000341. The minimum Gasteiger partial charge on any atom is -0.491 e. The highest BCUT2D eigenvalue weighted by molar-refractivity contribution is 14.0. The van der Waals surface area contributed by atoms with Crippen LogP contribution in [0.3, 0.4) is 0 Å². The topological polar surface area (TPSA) is 71.7 Å². The first-order chi connectivity index (χ1) is 14.5. The van der Waals surface area contributed by atoms with E-state index in [1.54, 1.807) is 13.2 Å². The molecule has 0 atom stereocenters. The Hall–Kier alpha value is -2.55. The summed E-state index contributed by atoms with van der Waals surface area (Å²) in [6.45, 7) is 7.89. The molecule has 0 aliphatic rings. The van der Waals surface area contributed by atoms with Gasteiger partial charge in [-0.15, -0.1) is 24.0 Å². The van der Waals surface area contributed by atoms with Crippen molar-refractivity contribution in [3.63, 3.8) is 0 Å². The quantitative estimate of drug-likeness (QED) is 0.193. The standard InChI is InChI=1S/C24H30N4O2.HI/c1-24(2,3)21-16-27-22(30-21)17-28-23(25-4)26-14-15-29-20-13-9-8-12-19(20)18-10-6-5-7-11-18;/h5-13,16H,14-15,17H2,1-4H3,(H2,25,26,28);1H. The van der Waals surface area contributed by atoms with E-state index in [4.69, 9.17) is 9.15 Å². The minimum absolute atomic E-state index is 0. The molecule has 0 saturated carbocycles. The molecule has 0 amide bonds. The summed E-state index contributed by atoms with van der Waals surface area (Å²) < 4.78 is 11.8. The van der Waals surface area contributed by atoms with E-state index >= 15 is 0 Å². The Bertz CT molecular complexity index is 965. The third kappa shape index (κ3) is 7.27. The van der Waals surface area contributed by atoms with Gasteiger partial charge in [0.1, 0.15) is 18.1 Å². The maximum absolute atomic E-state index is 6.01. The number of hydrogen-bond donors (Lipinski definition) is 2. The van der Waals surface area contributed by atoms with Crippen molar-refractivity contribution >= 4 is 29.9 Å². The van der Waals surface area contributed by atoms with Crippen molar-refractivity contribution in [2.24, 2.45) is 4.99 Å². The summed E-state index contributed by atoms with van der Waals surface area (Å²) in [5.41, 5.74) is 2.16. The van der Waals surface area contributed by atoms with E-state index in [1.807, 2.05) is 36.4 Å². The van der Waals surface area contributed by atoms with Crippen LogP contribution in [-0.2, 0) is 12.0 Å². The van der Waals surface area contributed by atoms with Crippen LogP contribution in [0.25, 0.3) is 11.1 Å². The van der Waals surface area contributed by atoms with E-state index < -0.39 is 0 Å². The van der Waals surface area contributed by atoms with Crippen LogP contribution < -0.4 is 15.4 Å². The predicted octanol–water partition coefficient (Wildman–Crippen LogP) is 5.00. The number of halogens is 1. The van der Waals surface area contributed by atoms with Crippen molar-refractivity contribution in [1.29, 1.82) is 0 Å². The first-order valence-electron chi connectivity index (χ1n) is 10.1. The molecule has 2 N–H and O–H groups in total. The van der Waals surface area contributed by atoms with Gasteiger partial charge < -0.3 is 19.8 Å². The van der Waals surface area contributed by atoms with Crippen LogP contribution in [0, 0.1) is 0 Å². The molecule has 0 radical (unpaired) electrons. The molecule has 0 aliphatic carbocycles. The van der Waals surface area contributed by atoms with E-state index in [9.17, 15) is 0 Å². The summed E-state index contributed by atoms with van der Waals surface area (Å²) in [4.78, 5) is 8.56. The molecular weight excluding hydrogens is 503 g/mol. The number of rotatable bonds is 7. The largest absolute Gasteiger partial charge is 0.491 e. The highest BCUT2D eigenvalue weighted by Crippen LogP contribution is 2.29. The molecule has 31 heavy (non-hydrogen) atoms. The molecule has 0 spiro atoms. The molecule has 6 nitrogen and oxygen atoms in total. The van der Waals surface area contributed by atoms with Crippen LogP contribution >= 0.6 is 24.0 Å². The van der Waals surface area contributed by atoms with Crippen LogP contribution in [0.4, 0.5) is 0 Å². The van der Waals surface area contributed by atoms with Gasteiger partial charge >= 0.3 is 0 Å². The third-order valence-corrected chi connectivity index (χ3v) is 4.55. The monoisotopic (exact) mass is 534 g/mol. The van der Waals surface area contributed by atoms with Gasteiger partial charge in [-0.05, 0) is 11.6 Å². The maximum Gasteiger partial charge on any atom is 0.213 e. The van der Waals surface area contributed by atoms with E-state index in [2.05, 4.69) is 59.6 Å². The predicted molar refractivity (Wildman–Crippen MR) is 136 cm³/mol. The Labute approximate surface area is 201 Å². The number of ether oxygens (including phenoxy) is 1. The molecule has 2 aromatic carbocycles. The summed E-state index contributed by atoms with van der Waals surface area (Å²) >= 11 is 0. The van der Waals surface area contributed by atoms with Crippen molar-refractivity contribution in [3.8, 4) is 16.9 Å². The van der Waals surface area contributed by atoms with Crippen molar-refractivity contribution in [1.82, 2.24) is 15.6 Å². The SMILES string of the molecule is CN=C(NCCOc1ccccc1-c1ccccc1)NCc1ncc(C(C)(C)C)o1.I. The van der Waals surface area contributed by atoms with Gasteiger partial charge in [0.2, 0.25) is 5.89 Å². The fourth-order valence-corrected chi connectivity index (χ4v) is 2.90. The van der Waals surface area contributed by atoms with Gasteiger partial charge in [0.15, 0.2) is 5.96 Å². The van der Waals surface area contributed by atoms with E-state index in [0.717, 1.165) is 22.6 Å². The lowest BCUT2D eigenvalue weighted by molar-refractivity contribution is 0.323. The molecule has 0 saturated heterocycles. The number of guanidine groups is 1. The number of aromatic nitrogens is 1. The molecule has 0 aliphatic heterocycles. The summed E-state index contributed by atoms with van der Waals surface area (Å²) in [5.74, 6) is 3.04. The smallest absolute Gasteiger partial charge is 0.213 e. The Kier molecular flexibility index (Phi) is 9.36. The number of hydrogen-bond acceptors (Lipinski definition) is 4. The van der Waals surface area contributed by atoms with Crippen LogP contribution in [0.15, 0.2) is 70.2 Å². The molecule has 0 fully saturated rings. The van der Waals surface area contributed by atoms with E-state index in [0.29, 0.717) is 31.5 Å². The number of nitrogens with one attached hydrogen (secondary N) is 2. The molecule has 1 aromatic heterocycles. The highest BCUT2D eigenvalue weighted by Gasteiger charge is 2.19. The number of nitrogens with zero attached hydrogens (tertiary/aromatic N) is 2. The van der Waals surface area contributed by atoms with Gasteiger partial charge in [0, 0.05) is 18.0 Å². The normalized spacial score (nSPS) is 11.5. The summed E-state index contributed by atoms with van der Waals surface area (Å²) in [7, 11) is 1.73. The maximum atomic E-state index is 6.01. The zero-order chi connectivity index (χ0) is 21.4. The Morgan fingerprint density at radius 3 is 2.42 bits per heavy atom. The summed E-state index contributed by atoms with van der Waals surface area (Å²) in [6.07, 6.45) is 1.78. The van der Waals surface area contributed by atoms with Gasteiger partial charge in [-0.25, -0.2) is 4.98 Å². The van der Waals surface area contributed by atoms with Crippen LogP contribution in [0.5, 0.6) is 5.75 Å². The van der Waals surface area contributed by atoms with Crippen molar-refractivity contribution in [2.75, 3.05) is 20.2 Å². The third-order valence-electron chi connectivity index (χ3n) is 4.55. The molecule has 3 rings (SSSR count). The number of oxazole rings is 1. The second kappa shape index (κ2) is 11.7. The number of benzene rings is 2. The Morgan fingerprint density at radius 2 is 1.74 bits per heavy atom. The lowest BCUT2D eigenvalue weighted by Crippen LogP contribution is -2.38. The summed E-state index contributed by atoms with van der Waals surface area (Å²) in [6, 6.07) is 18.3. The van der Waals surface area contributed by atoms with Crippen molar-refractivity contribution < 1.29 is 9.15 Å². The second-order valence-corrected chi connectivity index (χ2v) is 7.93. The fourth-order valence-electron chi connectivity index (χ4n) is 2.90. The zero-order valence-electron chi connectivity index (χ0n) is 18.5. The van der Waals surface area contributed by atoms with Crippen LogP contribution in [0.2, 0.25) is 0 Å². The molecule has 0 bridgehead atoms. The van der Waals surface area contributed by atoms with Gasteiger partial charge in [-0.1, -0.05) is 69.3 Å². The van der Waals surface area contributed by atoms with E-state index in [-0.39, 0.29) is 29.4 Å². The van der Waals surface area contributed by atoms with Gasteiger partial charge in [0.05, 0.1) is 19.3 Å². The van der Waals surface area contributed by atoms with Crippen LogP contribution in [0.1, 0.15) is 32.4 Å². The highest BCUT2D eigenvalue weighted by atomic mass is 127. The molecule has 166 valence electrons. The molecule has 1 heterocycles. The van der Waals surface area contributed by atoms with Gasteiger partial charge in [-0.2, -0.15) is 0 Å². The molecule has 3 aromatic rings. The van der Waals surface area contributed by atoms with Gasteiger partial charge in [-0.3, -0.25) is 4.99 Å². The molecule has 7 heteroatoms. The minimum atomic E-state index is -0.0570. The van der Waals surface area contributed by atoms with Crippen molar-refractivity contribution in [3.05, 3.63) is 72.4 Å².